The number of nitrogens with one attached hydrogen (secondary N) is 3. The number of hydrogen-bond acceptors (Lipinski definition) is 5. The highest BCUT2D eigenvalue weighted by molar-refractivity contribution is 7.91. The summed E-state index contributed by atoms with van der Waals surface area (Å²) in [7, 11) is -3.54. The van der Waals surface area contributed by atoms with Crippen LogP contribution < -0.4 is 10.0 Å². The first kappa shape index (κ1) is 19.9. The molecule has 0 spiro atoms. The molecule has 0 unspecified atom stereocenters. The topological polar surface area (TPSA) is 100 Å². The van der Waals surface area contributed by atoms with E-state index in [2.05, 4.69) is 20.0 Å². The van der Waals surface area contributed by atoms with Crippen LogP contribution in [0.3, 0.4) is 0 Å². The number of benzene rings is 3. The van der Waals surface area contributed by atoms with E-state index in [0.717, 1.165) is 22.2 Å². The third-order valence-corrected chi connectivity index (χ3v) is 6.15. The fourth-order valence-electron chi connectivity index (χ4n) is 3.46. The second-order valence-electron chi connectivity index (χ2n) is 7.35. The van der Waals surface area contributed by atoms with Gasteiger partial charge < -0.3 is 14.7 Å². The molecular weight excluding hydrogens is 424 g/mol. The van der Waals surface area contributed by atoms with Crippen molar-refractivity contribution < 1.29 is 12.8 Å². The molecule has 0 atom stereocenters. The van der Waals surface area contributed by atoms with Crippen LogP contribution in [0.2, 0.25) is 0 Å². The summed E-state index contributed by atoms with van der Waals surface area (Å²) in [6.07, 6.45) is 1.64. The Morgan fingerprint density at radius 1 is 0.875 bits per heavy atom. The van der Waals surface area contributed by atoms with Crippen LogP contribution in [0, 0.1) is 0 Å². The third kappa shape index (κ3) is 4.50. The van der Waals surface area contributed by atoms with Crippen molar-refractivity contribution in [2.75, 3.05) is 10.0 Å². The van der Waals surface area contributed by atoms with Gasteiger partial charge in [-0.1, -0.05) is 54.6 Å². The highest BCUT2D eigenvalue weighted by Gasteiger charge is 2.13. The van der Waals surface area contributed by atoms with Gasteiger partial charge in [0.2, 0.25) is 10.0 Å². The summed E-state index contributed by atoms with van der Waals surface area (Å²) in [4.78, 5) is 7.59. The van der Waals surface area contributed by atoms with Crippen LogP contribution in [-0.2, 0) is 15.8 Å². The number of rotatable bonds is 7. The van der Waals surface area contributed by atoms with Crippen LogP contribution in [0.15, 0.2) is 95.5 Å². The lowest BCUT2D eigenvalue weighted by atomic mass is 10.2. The number of hydrogen-bond donors (Lipinski definition) is 3. The first-order chi connectivity index (χ1) is 15.5. The fraction of sp³-hybridized carbons (Fsp3) is 0.0417. The smallest absolute Gasteiger partial charge is 0.299 e. The SMILES string of the molecule is O=S(=O)(Cc1ccccc1)Nc1cccc(Nc2ncc(-c3cc4ccccc4[nH]3)o2)c1. The normalized spacial score (nSPS) is 11.5. The van der Waals surface area contributed by atoms with Crippen LogP contribution in [0.25, 0.3) is 22.4 Å². The van der Waals surface area contributed by atoms with Crippen LogP contribution in [0.5, 0.6) is 0 Å². The molecule has 5 rings (SSSR count). The van der Waals surface area contributed by atoms with Gasteiger partial charge >= 0.3 is 0 Å². The quantitative estimate of drug-likeness (QED) is 0.307. The van der Waals surface area contributed by atoms with Crippen molar-refractivity contribution in [2.45, 2.75) is 5.75 Å². The van der Waals surface area contributed by atoms with E-state index in [1.807, 2.05) is 54.6 Å². The summed E-state index contributed by atoms with van der Waals surface area (Å²) in [5.74, 6) is 0.502. The molecule has 8 heteroatoms. The molecule has 0 fully saturated rings. The zero-order chi connectivity index (χ0) is 22.0. The molecule has 0 bridgehead atoms. The van der Waals surface area contributed by atoms with Crippen LogP contribution in [0.1, 0.15) is 5.56 Å². The number of oxazole rings is 1. The summed E-state index contributed by atoms with van der Waals surface area (Å²) in [5.41, 5.74) is 3.67. The number of nitrogens with zero attached hydrogens (tertiary/aromatic N) is 1. The largest absolute Gasteiger partial charge is 0.422 e. The number of fused-ring (bicyclic) bond motifs is 1. The third-order valence-electron chi connectivity index (χ3n) is 4.89. The van der Waals surface area contributed by atoms with Crippen molar-refractivity contribution >= 4 is 38.3 Å². The van der Waals surface area contributed by atoms with E-state index >= 15 is 0 Å². The maximum Gasteiger partial charge on any atom is 0.299 e. The number of aromatic nitrogens is 2. The molecule has 5 aromatic rings. The van der Waals surface area contributed by atoms with E-state index in [0.29, 0.717) is 23.1 Å². The zero-order valence-corrected chi connectivity index (χ0v) is 17.8. The van der Waals surface area contributed by atoms with E-state index in [4.69, 9.17) is 4.42 Å². The van der Waals surface area contributed by atoms with Gasteiger partial charge in [0.05, 0.1) is 23.3 Å². The number of sulfonamides is 1. The molecule has 0 aliphatic heterocycles. The lowest BCUT2D eigenvalue weighted by Crippen LogP contribution is -2.15. The van der Waals surface area contributed by atoms with Gasteiger partial charge in [-0.15, -0.1) is 0 Å². The minimum atomic E-state index is -3.54. The van der Waals surface area contributed by atoms with Crippen molar-refractivity contribution in [3.8, 4) is 11.5 Å². The number of anilines is 3. The summed E-state index contributed by atoms with van der Waals surface area (Å²) in [6, 6.07) is 26.3. The predicted molar refractivity (Wildman–Crippen MR) is 126 cm³/mol. The average Bonchev–Trinajstić information content (AvgIpc) is 3.41. The summed E-state index contributed by atoms with van der Waals surface area (Å²) < 4.78 is 33.5. The minimum absolute atomic E-state index is 0.0981. The van der Waals surface area contributed by atoms with Gasteiger partial charge in [0.1, 0.15) is 0 Å². The highest BCUT2D eigenvalue weighted by Crippen LogP contribution is 2.28. The Balaban J connectivity index is 1.30. The lowest BCUT2D eigenvalue weighted by molar-refractivity contribution is 0.590. The molecule has 2 aromatic heterocycles. The molecule has 0 radical (unpaired) electrons. The van der Waals surface area contributed by atoms with Crippen molar-refractivity contribution in [1.29, 1.82) is 0 Å². The van der Waals surface area contributed by atoms with Crippen molar-refractivity contribution in [2.24, 2.45) is 0 Å². The van der Waals surface area contributed by atoms with Gasteiger partial charge in [-0.05, 0) is 35.9 Å². The Hall–Kier alpha value is -4.04. The van der Waals surface area contributed by atoms with E-state index in [1.165, 1.54) is 0 Å². The molecule has 0 saturated carbocycles. The molecule has 3 aromatic carbocycles. The summed E-state index contributed by atoms with van der Waals surface area (Å²) in [5, 5.41) is 4.16. The molecule has 7 nitrogen and oxygen atoms in total. The Morgan fingerprint density at radius 3 is 2.50 bits per heavy atom. The summed E-state index contributed by atoms with van der Waals surface area (Å²) >= 11 is 0. The van der Waals surface area contributed by atoms with Gasteiger partial charge in [0.15, 0.2) is 5.76 Å². The molecule has 0 saturated heterocycles. The lowest BCUT2D eigenvalue weighted by Gasteiger charge is -2.10. The number of para-hydroxylation sites is 1. The molecule has 32 heavy (non-hydrogen) atoms. The highest BCUT2D eigenvalue weighted by atomic mass is 32.2. The van der Waals surface area contributed by atoms with Crippen LogP contribution in [0.4, 0.5) is 17.4 Å². The molecule has 160 valence electrons. The molecule has 0 aliphatic carbocycles. The first-order valence-electron chi connectivity index (χ1n) is 10.00. The molecule has 3 N–H and O–H groups in total. The number of H-pyrrole nitrogens is 1. The van der Waals surface area contributed by atoms with Gasteiger partial charge in [-0.2, -0.15) is 0 Å². The second-order valence-corrected chi connectivity index (χ2v) is 9.07. The van der Waals surface area contributed by atoms with E-state index < -0.39 is 10.0 Å². The standard InChI is InChI=1S/C24H20N4O3S/c29-32(30,16-17-7-2-1-3-8-17)28-20-11-6-10-19(14-20)26-24-25-15-23(31-24)22-13-18-9-4-5-12-21(18)27-22/h1-15,27-28H,16H2,(H,25,26). The van der Waals surface area contributed by atoms with Gasteiger partial charge in [0.25, 0.3) is 6.01 Å². The van der Waals surface area contributed by atoms with E-state index in [9.17, 15) is 8.42 Å². The van der Waals surface area contributed by atoms with Gasteiger partial charge in [-0.3, -0.25) is 4.72 Å². The van der Waals surface area contributed by atoms with Gasteiger partial charge in [0, 0.05) is 16.6 Å². The van der Waals surface area contributed by atoms with E-state index in [1.54, 1.807) is 36.5 Å². The van der Waals surface area contributed by atoms with Crippen molar-refractivity contribution in [3.05, 3.63) is 96.7 Å². The Bertz CT molecular complexity index is 1440. The van der Waals surface area contributed by atoms with Crippen molar-refractivity contribution in [1.82, 2.24) is 9.97 Å². The Kier molecular flexibility index (Phi) is 5.12. The minimum Gasteiger partial charge on any atom is -0.422 e. The molecule has 0 amide bonds. The molecular formula is C24H20N4O3S. The second kappa shape index (κ2) is 8.24. The van der Waals surface area contributed by atoms with Gasteiger partial charge in [-0.25, -0.2) is 13.4 Å². The zero-order valence-electron chi connectivity index (χ0n) is 16.9. The fourth-order valence-corrected chi connectivity index (χ4v) is 4.65. The number of aromatic amines is 1. The van der Waals surface area contributed by atoms with Crippen molar-refractivity contribution in [3.63, 3.8) is 0 Å². The Labute approximate surface area is 185 Å². The van der Waals surface area contributed by atoms with Crippen LogP contribution >= 0.6 is 0 Å². The Morgan fingerprint density at radius 2 is 1.66 bits per heavy atom. The molecule has 0 aliphatic rings. The monoisotopic (exact) mass is 444 g/mol. The average molecular weight is 445 g/mol. The predicted octanol–water partition coefficient (Wildman–Crippen LogP) is 5.51. The maximum absolute atomic E-state index is 12.5. The van der Waals surface area contributed by atoms with E-state index in [-0.39, 0.29) is 5.75 Å². The maximum atomic E-state index is 12.5. The van der Waals surface area contributed by atoms with Crippen LogP contribution in [-0.4, -0.2) is 18.4 Å². The summed E-state index contributed by atoms with van der Waals surface area (Å²) in [6.45, 7) is 0. The molecule has 2 heterocycles. The first-order valence-corrected chi connectivity index (χ1v) is 11.6.